The molecule has 2 nitrogen and oxygen atoms in total. The second-order valence-corrected chi connectivity index (χ2v) is 6.22. The summed E-state index contributed by atoms with van der Waals surface area (Å²) in [6.07, 6.45) is 0. The first-order valence-corrected chi connectivity index (χ1v) is 8.87. The molecule has 1 aliphatic carbocycles. The molecule has 3 aromatic carbocycles. The zero-order valence-corrected chi connectivity index (χ0v) is 14.4. The molecule has 0 saturated carbocycles. The van der Waals surface area contributed by atoms with Gasteiger partial charge >= 0.3 is 0 Å². The molecule has 0 N–H and O–H groups in total. The van der Waals surface area contributed by atoms with Crippen molar-refractivity contribution in [2.45, 2.75) is 12.8 Å². The summed E-state index contributed by atoms with van der Waals surface area (Å²) in [6, 6.07) is 25.9. The molecule has 0 bridgehead atoms. The van der Waals surface area contributed by atoms with E-state index in [2.05, 4.69) is 72.8 Å². The van der Waals surface area contributed by atoms with Crippen LogP contribution in [0.2, 0.25) is 0 Å². The van der Waals surface area contributed by atoms with Crippen molar-refractivity contribution in [2.75, 3.05) is 19.8 Å². The molecule has 126 valence electrons. The Hall–Kier alpha value is -2.58. The molecular weight excluding hydrogens is 308 g/mol. The molecule has 3 aromatic rings. The van der Waals surface area contributed by atoms with Gasteiger partial charge in [-0.15, -0.1) is 0 Å². The normalized spacial score (nSPS) is 12.7. The zero-order chi connectivity index (χ0) is 17.1. The number of hydrogen-bond acceptors (Lipinski definition) is 2. The van der Waals surface area contributed by atoms with Crippen LogP contribution in [0.25, 0.3) is 11.1 Å². The van der Waals surface area contributed by atoms with Crippen LogP contribution in [-0.4, -0.2) is 19.8 Å². The summed E-state index contributed by atoms with van der Waals surface area (Å²) in [5.41, 5.74) is 6.76. The highest BCUT2D eigenvalue weighted by molar-refractivity contribution is 5.80. The van der Waals surface area contributed by atoms with Crippen LogP contribution in [0.3, 0.4) is 0 Å². The van der Waals surface area contributed by atoms with Gasteiger partial charge in [-0.3, -0.25) is 0 Å². The standard InChI is InChI=1S/C23H22O2/c1-2-24-15-16-25-18-13-11-17(12-14-18)23-21-9-5-3-7-19(21)20-8-4-6-10-22(20)23/h3-14,23H,2,15-16H2,1H3. The second kappa shape index (κ2) is 7.12. The lowest BCUT2D eigenvalue weighted by atomic mass is 9.89. The molecular formula is C23H22O2. The van der Waals surface area contributed by atoms with Crippen LogP contribution < -0.4 is 4.74 Å². The average molecular weight is 330 g/mol. The van der Waals surface area contributed by atoms with Gasteiger partial charge in [0.15, 0.2) is 0 Å². The fourth-order valence-corrected chi connectivity index (χ4v) is 3.63. The lowest BCUT2D eigenvalue weighted by Gasteiger charge is -2.15. The Bertz CT molecular complexity index is 806. The SMILES string of the molecule is CCOCCOc1ccc(C2c3ccccc3-c3ccccc32)cc1. The van der Waals surface area contributed by atoms with Crippen LogP contribution in [0.1, 0.15) is 29.5 Å². The van der Waals surface area contributed by atoms with E-state index in [1.165, 1.54) is 27.8 Å². The van der Waals surface area contributed by atoms with Gasteiger partial charge in [0.25, 0.3) is 0 Å². The monoisotopic (exact) mass is 330 g/mol. The van der Waals surface area contributed by atoms with Gasteiger partial charge in [0.1, 0.15) is 12.4 Å². The van der Waals surface area contributed by atoms with Crippen molar-refractivity contribution in [1.82, 2.24) is 0 Å². The minimum atomic E-state index is 0.296. The van der Waals surface area contributed by atoms with Crippen LogP contribution >= 0.6 is 0 Å². The molecule has 0 aliphatic heterocycles. The van der Waals surface area contributed by atoms with Gasteiger partial charge in [0.2, 0.25) is 0 Å². The van der Waals surface area contributed by atoms with Crippen LogP contribution in [0, 0.1) is 0 Å². The molecule has 0 radical (unpaired) electrons. The molecule has 0 fully saturated rings. The van der Waals surface area contributed by atoms with E-state index in [-0.39, 0.29) is 0 Å². The molecule has 0 atom stereocenters. The molecule has 0 saturated heterocycles. The Morgan fingerprint density at radius 3 is 1.92 bits per heavy atom. The Morgan fingerprint density at radius 2 is 1.32 bits per heavy atom. The molecule has 1 aliphatic rings. The fourth-order valence-electron chi connectivity index (χ4n) is 3.63. The zero-order valence-electron chi connectivity index (χ0n) is 14.4. The van der Waals surface area contributed by atoms with E-state index in [0.29, 0.717) is 19.1 Å². The lowest BCUT2D eigenvalue weighted by Crippen LogP contribution is -2.06. The highest BCUT2D eigenvalue weighted by atomic mass is 16.5. The molecule has 0 unspecified atom stereocenters. The molecule has 0 amide bonds. The van der Waals surface area contributed by atoms with Gasteiger partial charge < -0.3 is 9.47 Å². The summed E-state index contributed by atoms with van der Waals surface area (Å²) in [4.78, 5) is 0. The molecule has 25 heavy (non-hydrogen) atoms. The third kappa shape index (κ3) is 3.06. The predicted molar refractivity (Wildman–Crippen MR) is 101 cm³/mol. The molecule has 0 aromatic heterocycles. The van der Waals surface area contributed by atoms with Crippen molar-refractivity contribution in [3.63, 3.8) is 0 Å². The average Bonchev–Trinajstić information content (AvgIpc) is 3.00. The maximum absolute atomic E-state index is 5.74. The highest BCUT2D eigenvalue weighted by Gasteiger charge is 2.28. The molecule has 4 rings (SSSR count). The lowest BCUT2D eigenvalue weighted by molar-refractivity contribution is 0.110. The van der Waals surface area contributed by atoms with Gasteiger partial charge in [0, 0.05) is 12.5 Å². The topological polar surface area (TPSA) is 18.5 Å². The maximum Gasteiger partial charge on any atom is 0.119 e. The second-order valence-electron chi connectivity index (χ2n) is 6.22. The van der Waals surface area contributed by atoms with Crippen LogP contribution in [0.5, 0.6) is 5.75 Å². The van der Waals surface area contributed by atoms with Gasteiger partial charge in [0.05, 0.1) is 6.61 Å². The summed E-state index contributed by atoms with van der Waals surface area (Å²) in [5, 5.41) is 0. The molecule has 0 heterocycles. The highest BCUT2D eigenvalue weighted by Crippen LogP contribution is 2.47. The van der Waals surface area contributed by atoms with E-state index in [0.717, 1.165) is 12.4 Å². The first kappa shape index (κ1) is 15.9. The van der Waals surface area contributed by atoms with Gasteiger partial charge in [-0.2, -0.15) is 0 Å². The summed E-state index contributed by atoms with van der Waals surface area (Å²) in [7, 11) is 0. The summed E-state index contributed by atoms with van der Waals surface area (Å²) in [6.45, 7) is 3.93. The van der Waals surface area contributed by atoms with E-state index in [1.807, 2.05) is 6.92 Å². The molecule has 2 heteroatoms. The first-order valence-electron chi connectivity index (χ1n) is 8.87. The van der Waals surface area contributed by atoms with E-state index >= 15 is 0 Å². The minimum Gasteiger partial charge on any atom is -0.491 e. The summed E-state index contributed by atoms with van der Waals surface area (Å²) < 4.78 is 11.1. The van der Waals surface area contributed by atoms with E-state index in [1.54, 1.807) is 0 Å². The number of hydrogen-bond donors (Lipinski definition) is 0. The van der Waals surface area contributed by atoms with E-state index in [4.69, 9.17) is 9.47 Å². The Balaban J connectivity index is 1.61. The van der Waals surface area contributed by atoms with Crippen molar-refractivity contribution in [3.8, 4) is 16.9 Å². The van der Waals surface area contributed by atoms with Crippen LogP contribution in [0.15, 0.2) is 72.8 Å². The Morgan fingerprint density at radius 1 is 0.720 bits per heavy atom. The summed E-state index contributed by atoms with van der Waals surface area (Å²) >= 11 is 0. The predicted octanol–water partition coefficient (Wildman–Crippen LogP) is 5.26. The summed E-state index contributed by atoms with van der Waals surface area (Å²) in [5.74, 6) is 1.19. The largest absolute Gasteiger partial charge is 0.491 e. The van der Waals surface area contributed by atoms with Gasteiger partial charge in [-0.1, -0.05) is 60.7 Å². The number of ether oxygens (including phenoxy) is 2. The van der Waals surface area contributed by atoms with Crippen LogP contribution in [0.4, 0.5) is 0 Å². The maximum atomic E-state index is 5.74. The van der Waals surface area contributed by atoms with Crippen LogP contribution in [-0.2, 0) is 4.74 Å². The number of rotatable bonds is 6. The fraction of sp³-hybridized carbons (Fsp3) is 0.217. The van der Waals surface area contributed by atoms with Crippen molar-refractivity contribution < 1.29 is 9.47 Å². The number of benzene rings is 3. The van der Waals surface area contributed by atoms with Crippen molar-refractivity contribution in [1.29, 1.82) is 0 Å². The Labute approximate surface area is 149 Å². The number of fused-ring (bicyclic) bond motifs is 3. The van der Waals surface area contributed by atoms with Gasteiger partial charge in [-0.05, 0) is 46.9 Å². The Kier molecular flexibility index (Phi) is 4.53. The van der Waals surface area contributed by atoms with E-state index in [9.17, 15) is 0 Å². The first-order chi connectivity index (χ1) is 12.4. The molecule has 0 spiro atoms. The van der Waals surface area contributed by atoms with Crippen molar-refractivity contribution in [2.24, 2.45) is 0 Å². The third-order valence-corrected chi connectivity index (χ3v) is 4.75. The van der Waals surface area contributed by atoms with Gasteiger partial charge in [-0.25, -0.2) is 0 Å². The van der Waals surface area contributed by atoms with Crippen molar-refractivity contribution >= 4 is 0 Å². The van der Waals surface area contributed by atoms with Crippen molar-refractivity contribution in [3.05, 3.63) is 89.5 Å². The minimum absolute atomic E-state index is 0.296. The smallest absolute Gasteiger partial charge is 0.119 e. The van der Waals surface area contributed by atoms with E-state index < -0.39 is 0 Å². The third-order valence-electron chi connectivity index (χ3n) is 4.75. The quantitative estimate of drug-likeness (QED) is 0.449.